The number of phenolic OH excluding ortho intramolecular Hbond substituents is 1. The van der Waals surface area contributed by atoms with Crippen molar-refractivity contribution in [2.75, 3.05) is 7.11 Å². The number of ether oxygens (including phenoxy) is 3. The third-order valence-electron chi connectivity index (χ3n) is 6.29. The molecule has 33 heavy (non-hydrogen) atoms. The van der Waals surface area contributed by atoms with Gasteiger partial charge in [0.15, 0.2) is 5.58 Å². The van der Waals surface area contributed by atoms with E-state index >= 15 is 0 Å². The first-order chi connectivity index (χ1) is 15.5. The smallest absolute Gasteiger partial charge is 0.348 e. The molecule has 1 atom stereocenters. The summed E-state index contributed by atoms with van der Waals surface area (Å²) in [7, 11) is 1.51. The topological polar surface area (TPSA) is 102 Å². The van der Waals surface area contributed by atoms with Crippen molar-refractivity contribution in [1.29, 1.82) is 0 Å². The second kappa shape index (κ2) is 7.02. The highest BCUT2D eigenvalue weighted by Crippen LogP contribution is 2.51. The molecular formula is C26H26O7. The molecule has 1 saturated heterocycles. The van der Waals surface area contributed by atoms with Gasteiger partial charge in [0.05, 0.1) is 24.4 Å². The molecule has 3 aromatic rings. The van der Waals surface area contributed by atoms with E-state index in [1.165, 1.54) is 19.2 Å². The average Bonchev–Trinajstić information content (AvgIpc) is 3.35. The van der Waals surface area contributed by atoms with Crippen LogP contribution in [-0.2, 0) is 11.2 Å². The van der Waals surface area contributed by atoms with E-state index in [1.54, 1.807) is 12.1 Å². The van der Waals surface area contributed by atoms with Gasteiger partial charge >= 0.3 is 5.63 Å². The lowest BCUT2D eigenvalue weighted by Crippen LogP contribution is -2.28. The number of rotatable bonds is 4. The molecule has 0 saturated carbocycles. The molecule has 5 rings (SSSR count). The van der Waals surface area contributed by atoms with Gasteiger partial charge in [-0.15, -0.1) is 0 Å². The molecule has 0 bridgehead atoms. The van der Waals surface area contributed by atoms with Gasteiger partial charge < -0.3 is 28.8 Å². The van der Waals surface area contributed by atoms with Gasteiger partial charge in [-0.05, 0) is 57.5 Å². The number of hydrogen-bond donors (Lipinski definition) is 2. The minimum absolute atomic E-state index is 0.00395. The Kier molecular flexibility index (Phi) is 4.55. The molecule has 0 spiro atoms. The predicted octanol–water partition coefficient (Wildman–Crippen LogP) is 4.78. The molecule has 1 aromatic heterocycles. The first-order valence-corrected chi connectivity index (χ1v) is 10.8. The molecule has 7 nitrogen and oxygen atoms in total. The van der Waals surface area contributed by atoms with Crippen LogP contribution in [0.3, 0.4) is 0 Å². The zero-order valence-corrected chi connectivity index (χ0v) is 19.2. The summed E-state index contributed by atoms with van der Waals surface area (Å²) in [6, 6.07) is 5.98. The van der Waals surface area contributed by atoms with Crippen LogP contribution in [0, 0.1) is 0 Å². The van der Waals surface area contributed by atoms with Gasteiger partial charge in [0, 0.05) is 12.0 Å². The molecular weight excluding hydrogens is 424 g/mol. The lowest BCUT2D eigenvalue weighted by atomic mass is 9.91. The lowest BCUT2D eigenvalue weighted by molar-refractivity contribution is 0.156. The summed E-state index contributed by atoms with van der Waals surface area (Å²) in [4.78, 5) is 13.0. The van der Waals surface area contributed by atoms with Crippen molar-refractivity contribution in [2.45, 2.75) is 51.4 Å². The van der Waals surface area contributed by atoms with Crippen molar-refractivity contribution in [3.8, 4) is 34.1 Å². The minimum atomic E-state index is -0.701. The lowest BCUT2D eigenvalue weighted by Gasteiger charge is -2.31. The van der Waals surface area contributed by atoms with Crippen molar-refractivity contribution in [1.82, 2.24) is 0 Å². The van der Waals surface area contributed by atoms with E-state index in [0.29, 0.717) is 34.4 Å². The Hall–Kier alpha value is -3.45. The van der Waals surface area contributed by atoms with Crippen LogP contribution in [-0.4, -0.2) is 34.6 Å². The number of phenols is 1. The zero-order valence-electron chi connectivity index (χ0n) is 19.2. The third-order valence-corrected chi connectivity index (χ3v) is 6.29. The molecule has 0 aliphatic carbocycles. The van der Waals surface area contributed by atoms with Crippen LogP contribution < -0.4 is 15.1 Å². The average molecular weight is 450 g/mol. The first kappa shape index (κ1) is 21.4. The maximum Gasteiger partial charge on any atom is 0.348 e. The fraction of sp³-hybridized carbons (Fsp3) is 0.346. The van der Waals surface area contributed by atoms with Crippen LogP contribution in [0.15, 0.2) is 39.6 Å². The summed E-state index contributed by atoms with van der Waals surface area (Å²) >= 11 is 0. The minimum Gasteiger partial charge on any atom is -0.508 e. The predicted molar refractivity (Wildman–Crippen MR) is 124 cm³/mol. The van der Waals surface area contributed by atoms with Gasteiger partial charge in [0.1, 0.15) is 39.5 Å². The maximum atomic E-state index is 13.0. The van der Waals surface area contributed by atoms with Crippen LogP contribution in [0.2, 0.25) is 0 Å². The number of benzene rings is 2. The summed E-state index contributed by atoms with van der Waals surface area (Å²) < 4.78 is 23.7. The van der Waals surface area contributed by atoms with E-state index < -0.39 is 11.2 Å². The summed E-state index contributed by atoms with van der Waals surface area (Å²) in [6.07, 6.45) is 4.20. The molecule has 7 heteroatoms. The Morgan fingerprint density at radius 3 is 2.36 bits per heavy atom. The second-order valence-electron chi connectivity index (χ2n) is 9.57. The fourth-order valence-corrected chi connectivity index (χ4v) is 4.39. The highest BCUT2D eigenvalue weighted by molar-refractivity contribution is 6.02. The van der Waals surface area contributed by atoms with Crippen LogP contribution in [0.25, 0.3) is 28.2 Å². The summed E-state index contributed by atoms with van der Waals surface area (Å²) in [5.74, 6) is 0.733. The van der Waals surface area contributed by atoms with Crippen molar-refractivity contribution in [3.05, 3.63) is 51.9 Å². The quantitative estimate of drug-likeness (QED) is 0.435. The molecule has 0 radical (unpaired) electrons. The van der Waals surface area contributed by atoms with Crippen LogP contribution in [0.5, 0.6) is 23.0 Å². The second-order valence-corrected chi connectivity index (χ2v) is 9.57. The zero-order chi connectivity index (χ0) is 23.7. The van der Waals surface area contributed by atoms with Crippen molar-refractivity contribution in [3.63, 3.8) is 0 Å². The Morgan fingerprint density at radius 1 is 1.09 bits per heavy atom. The van der Waals surface area contributed by atoms with Gasteiger partial charge in [0.25, 0.3) is 0 Å². The monoisotopic (exact) mass is 450 g/mol. The Morgan fingerprint density at radius 2 is 1.76 bits per heavy atom. The number of epoxide rings is 1. The van der Waals surface area contributed by atoms with Crippen LogP contribution >= 0.6 is 0 Å². The molecule has 2 N–H and O–H groups in total. The van der Waals surface area contributed by atoms with E-state index in [1.807, 2.05) is 39.8 Å². The van der Waals surface area contributed by atoms with Gasteiger partial charge in [-0.1, -0.05) is 12.1 Å². The van der Waals surface area contributed by atoms with E-state index in [9.17, 15) is 15.0 Å². The molecule has 1 unspecified atom stereocenters. The van der Waals surface area contributed by atoms with Gasteiger partial charge in [-0.2, -0.15) is 0 Å². The molecule has 3 heterocycles. The maximum absolute atomic E-state index is 13.0. The molecule has 0 amide bonds. The summed E-state index contributed by atoms with van der Waals surface area (Å²) in [5.41, 5.74) is 0.380. The molecule has 172 valence electrons. The molecule has 1 fully saturated rings. The Balaban J connectivity index is 1.84. The number of methoxy groups -OCH3 is 1. The van der Waals surface area contributed by atoms with Gasteiger partial charge in [-0.3, -0.25) is 0 Å². The highest BCUT2D eigenvalue weighted by atomic mass is 16.6. The van der Waals surface area contributed by atoms with E-state index in [-0.39, 0.29) is 34.4 Å². The van der Waals surface area contributed by atoms with E-state index in [2.05, 4.69) is 0 Å². The highest BCUT2D eigenvalue weighted by Gasteiger charge is 2.49. The normalized spacial score (nSPS) is 19.7. The largest absolute Gasteiger partial charge is 0.508 e. The van der Waals surface area contributed by atoms with Crippen molar-refractivity contribution >= 4 is 17.0 Å². The van der Waals surface area contributed by atoms with Crippen molar-refractivity contribution in [2.24, 2.45) is 0 Å². The first-order valence-electron chi connectivity index (χ1n) is 10.8. The number of fused-ring (bicyclic) bond motifs is 3. The Labute approximate surface area is 190 Å². The van der Waals surface area contributed by atoms with Gasteiger partial charge in [-0.25, -0.2) is 4.79 Å². The number of aromatic hydroxyl groups is 2. The van der Waals surface area contributed by atoms with E-state index in [0.717, 1.165) is 5.56 Å². The molecule has 2 aromatic carbocycles. The molecule has 2 aliphatic rings. The number of hydrogen-bond acceptors (Lipinski definition) is 7. The fourth-order valence-electron chi connectivity index (χ4n) is 4.39. The third kappa shape index (κ3) is 3.43. The van der Waals surface area contributed by atoms with Gasteiger partial charge in [0.2, 0.25) is 0 Å². The summed E-state index contributed by atoms with van der Waals surface area (Å²) in [6.45, 7) is 7.90. The standard InChI is InChI=1S/C26H26O7/c1-25(2)11-10-15-21(33-25)16(12-17-26(3,4)32-17)22(30-5)19-20(28)18(24(29)31-23(15)19)13-6-8-14(27)9-7-13/h6-11,17,27-28H,12H2,1-5H3. The van der Waals surface area contributed by atoms with Crippen LogP contribution in [0.4, 0.5) is 0 Å². The SMILES string of the molecule is COc1c(CC2OC2(C)C)c2c(c3oc(=O)c(-c4ccc(O)cc4)c(O)c13)C=CC(C)(C)O2. The van der Waals surface area contributed by atoms with Crippen LogP contribution in [0.1, 0.15) is 38.8 Å². The Bertz CT molecular complexity index is 1360. The summed E-state index contributed by atoms with van der Waals surface area (Å²) in [5, 5.41) is 21.3. The van der Waals surface area contributed by atoms with Crippen molar-refractivity contribution < 1.29 is 28.8 Å². The molecule has 2 aliphatic heterocycles. The van der Waals surface area contributed by atoms with E-state index in [4.69, 9.17) is 18.6 Å².